The predicted octanol–water partition coefficient (Wildman–Crippen LogP) is 3.83. The Morgan fingerprint density at radius 1 is 1.07 bits per heavy atom. The lowest BCUT2D eigenvalue weighted by Crippen LogP contribution is -2.26. The Bertz CT molecular complexity index is 863. The number of ether oxygens (including phenoxy) is 1. The van der Waals surface area contributed by atoms with Gasteiger partial charge in [0.05, 0.1) is 18.7 Å². The van der Waals surface area contributed by atoms with Crippen LogP contribution in [-0.4, -0.2) is 25.3 Å². The topological polar surface area (TPSA) is 72.5 Å². The molecule has 3 rings (SSSR count). The van der Waals surface area contributed by atoms with Crippen molar-refractivity contribution in [2.24, 2.45) is 11.8 Å². The fourth-order valence-electron chi connectivity index (χ4n) is 3.62. The van der Waals surface area contributed by atoms with E-state index in [1.807, 2.05) is 0 Å². The van der Waals surface area contributed by atoms with Crippen LogP contribution in [0.5, 0.6) is 0 Å². The zero-order valence-corrected chi connectivity index (χ0v) is 14.9. The minimum atomic E-state index is -0.536. The number of halogens is 1. The Balaban J connectivity index is 1.79. The largest absolute Gasteiger partial charge is 0.469 e. The highest BCUT2D eigenvalue weighted by Crippen LogP contribution is 2.35. The first kappa shape index (κ1) is 18.8. The van der Waals surface area contributed by atoms with Gasteiger partial charge in [-0.15, -0.1) is 0 Å². The molecule has 0 saturated heterocycles. The van der Waals surface area contributed by atoms with Crippen molar-refractivity contribution in [2.75, 3.05) is 12.4 Å². The summed E-state index contributed by atoms with van der Waals surface area (Å²) in [5, 5.41) is 2.29. The van der Waals surface area contributed by atoms with E-state index in [2.05, 4.69) is 5.32 Å². The van der Waals surface area contributed by atoms with E-state index in [0.717, 1.165) is 12.0 Å². The summed E-state index contributed by atoms with van der Waals surface area (Å²) < 4.78 is 18.8. The van der Waals surface area contributed by atoms with E-state index in [-0.39, 0.29) is 29.3 Å². The lowest BCUT2D eigenvalue weighted by atomic mass is 9.88. The van der Waals surface area contributed by atoms with Crippen molar-refractivity contribution in [3.8, 4) is 11.1 Å². The number of carbonyl (C=O) groups is 3. The van der Waals surface area contributed by atoms with Gasteiger partial charge in [0.1, 0.15) is 5.82 Å². The Morgan fingerprint density at radius 2 is 1.74 bits per heavy atom. The molecule has 1 aliphatic rings. The average molecular weight is 369 g/mol. The van der Waals surface area contributed by atoms with E-state index in [1.165, 1.54) is 19.2 Å². The van der Waals surface area contributed by atoms with Gasteiger partial charge in [0.15, 0.2) is 5.78 Å². The zero-order valence-electron chi connectivity index (χ0n) is 14.9. The van der Waals surface area contributed by atoms with E-state index in [0.29, 0.717) is 30.4 Å². The van der Waals surface area contributed by atoms with E-state index < -0.39 is 5.82 Å². The highest BCUT2D eigenvalue weighted by molar-refractivity contribution is 6.00. The van der Waals surface area contributed by atoms with Crippen LogP contribution < -0.4 is 5.32 Å². The number of amides is 1. The number of methoxy groups -OCH3 is 1. The Kier molecular flexibility index (Phi) is 5.64. The molecule has 0 bridgehead atoms. The van der Waals surface area contributed by atoms with Crippen LogP contribution in [0.15, 0.2) is 42.5 Å². The molecule has 27 heavy (non-hydrogen) atoms. The summed E-state index contributed by atoms with van der Waals surface area (Å²) in [7, 11) is 1.34. The van der Waals surface area contributed by atoms with Gasteiger partial charge in [0.25, 0.3) is 0 Å². The molecular weight excluding hydrogens is 349 g/mol. The summed E-state index contributed by atoms with van der Waals surface area (Å²) in [6, 6.07) is 11.4. The van der Waals surface area contributed by atoms with Gasteiger partial charge >= 0.3 is 5.97 Å². The van der Waals surface area contributed by atoms with Crippen molar-refractivity contribution in [1.82, 2.24) is 0 Å². The van der Waals surface area contributed by atoms with Crippen LogP contribution in [0, 0.1) is 17.7 Å². The number of nitrogens with one attached hydrogen (secondary N) is 1. The fraction of sp³-hybridized carbons (Fsp3) is 0.286. The quantitative estimate of drug-likeness (QED) is 0.477. The standard InChI is InChI=1S/C21H20FNO4/c1-27-21(26)17-4-2-3-16(17)20(25)14-7-5-13(6-8-14)15-9-10-19(23-12-24)18(22)11-15/h5-12,16-17H,2-4H2,1H3,(H,23,24)/t16?,17-/m1/s1. The van der Waals surface area contributed by atoms with Crippen LogP contribution in [-0.2, 0) is 14.3 Å². The van der Waals surface area contributed by atoms with Gasteiger partial charge in [0.2, 0.25) is 6.41 Å². The minimum absolute atomic E-state index is 0.0637. The monoisotopic (exact) mass is 369 g/mol. The first-order valence-electron chi connectivity index (χ1n) is 8.77. The molecule has 2 aromatic rings. The molecule has 1 amide bonds. The van der Waals surface area contributed by atoms with Gasteiger partial charge in [-0.2, -0.15) is 0 Å². The summed E-state index contributed by atoms with van der Waals surface area (Å²) in [6.45, 7) is 0. The normalized spacial score (nSPS) is 18.7. The molecule has 0 heterocycles. The van der Waals surface area contributed by atoms with Crippen molar-refractivity contribution in [3.05, 3.63) is 53.8 Å². The number of benzene rings is 2. The van der Waals surface area contributed by atoms with Crippen molar-refractivity contribution in [3.63, 3.8) is 0 Å². The Labute approximate surface area is 156 Å². The number of esters is 1. The maximum atomic E-state index is 14.0. The molecule has 1 N–H and O–H groups in total. The third kappa shape index (κ3) is 3.89. The average Bonchev–Trinajstić information content (AvgIpc) is 3.18. The van der Waals surface area contributed by atoms with E-state index in [4.69, 9.17) is 4.74 Å². The van der Waals surface area contributed by atoms with E-state index in [1.54, 1.807) is 30.3 Å². The van der Waals surface area contributed by atoms with Gasteiger partial charge in [-0.3, -0.25) is 14.4 Å². The van der Waals surface area contributed by atoms with Crippen molar-refractivity contribution < 1.29 is 23.5 Å². The lowest BCUT2D eigenvalue weighted by Gasteiger charge is -2.16. The van der Waals surface area contributed by atoms with E-state index in [9.17, 15) is 18.8 Å². The molecule has 1 unspecified atom stereocenters. The highest BCUT2D eigenvalue weighted by atomic mass is 19.1. The number of hydrogen-bond acceptors (Lipinski definition) is 4. The molecule has 0 aliphatic heterocycles. The second kappa shape index (κ2) is 8.12. The van der Waals surface area contributed by atoms with Crippen LogP contribution in [0.3, 0.4) is 0 Å². The number of rotatable bonds is 6. The van der Waals surface area contributed by atoms with Gasteiger partial charge < -0.3 is 10.1 Å². The molecule has 2 aromatic carbocycles. The second-order valence-corrected chi connectivity index (χ2v) is 6.57. The molecule has 6 heteroatoms. The fourth-order valence-corrected chi connectivity index (χ4v) is 3.62. The van der Waals surface area contributed by atoms with Gasteiger partial charge in [0, 0.05) is 11.5 Å². The number of anilines is 1. The Hall–Kier alpha value is -3.02. The third-order valence-electron chi connectivity index (χ3n) is 5.04. The number of carbonyl (C=O) groups excluding carboxylic acids is 3. The predicted molar refractivity (Wildman–Crippen MR) is 98.7 cm³/mol. The molecule has 1 saturated carbocycles. The van der Waals surface area contributed by atoms with Crippen LogP contribution >= 0.6 is 0 Å². The van der Waals surface area contributed by atoms with Gasteiger partial charge in [-0.25, -0.2) is 4.39 Å². The summed E-state index contributed by atoms with van der Waals surface area (Å²) in [6.07, 6.45) is 2.59. The first-order valence-corrected chi connectivity index (χ1v) is 8.77. The molecule has 140 valence electrons. The third-order valence-corrected chi connectivity index (χ3v) is 5.04. The number of hydrogen-bond donors (Lipinski definition) is 1. The van der Waals surface area contributed by atoms with Crippen LogP contribution in [0.1, 0.15) is 29.6 Å². The smallest absolute Gasteiger partial charge is 0.309 e. The van der Waals surface area contributed by atoms with Crippen molar-refractivity contribution in [1.29, 1.82) is 0 Å². The Morgan fingerprint density at radius 3 is 2.37 bits per heavy atom. The summed E-state index contributed by atoms with van der Waals surface area (Å²) in [4.78, 5) is 35.1. The summed E-state index contributed by atoms with van der Waals surface area (Å²) in [5.74, 6) is -1.66. The van der Waals surface area contributed by atoms with Gasteiger partial charge in [-0.05, 0) is 36.1 Å². The molecule has 0 spiro atoms. The van der Waals surface area contributed by atoms with Crippen molar-refractivity contribution >= 4 is 23.9 Å². The summed E-state index contributed by atoms with van der Waals surface area (Å²) >= 11 is 0. The zero-order chi connectivity index (χ0) is 19.4. The lowest BCUT2D eigenvalue weighted by molar-refractivity contribution is -0.146. The maximum Gasteiger partial charge on any atom is 0.309 e. The van der Waals surface area contributed by atoms with E-state index >= 15 is 0 Å². The molecule has 2 atom stereocenters. The molecule has 1 aliphatic carbocycles. The van der Waals surface area contributed by atoms with Crippen LogP contribution in [0.25, 0.3) is 11.1 Å². The molecule has 0 aromatic heterocycles. The molecule has 5 nitrogen and oxygen atoms in total. The minimum Gasteiger partial charge on any atom is -0.469 e. The SMILES string of the molecule is COC(=O)[C@@H]1CCCC1C(=O)c1ccc(-c2ccc(NC=O)c(F)c2)cc1. The second-order valence-electron chi connectivity index (χ2n) is 6.57. The van der Waals surface area contributed by atoms with Crippen LogP contribution in [0.2, 0.25) is 0 Å². The van der Waals surface area contributed by atoms with Crippen LogP contribution in [0.4, 0.5) is 10.1 Å². The first-order chi connectivity index (χ1) is 13.0. The van der Waals surface area contributed by atoms with Gasteiger partial charge in [-0.1, -0.05) is 36.8 Å². The molecule has 1 fully saturated rings. The molecular formula is C21H20FNO4. The maximum absolute atomic E-state index is 14.0. The number of Topliss-reactive ketones (excluding diaryl/α,β-unsaturated/α-hetero) is 1. The highest BCUT2D eigenvalue weighted by Gasteiger charge is 2.38. The molecule has 0 radical (unpaired) electrons. The summed E-state index contributed by atoms with van der Waals surface area (Å²) in [5.41, 5.74) is 2.02. The van der Waals surface area contributed by atoms with Crippen molar-refractivity contribution in [2.45, 2.75) is 19.3 Å². The number of ketones is 1.